The summed E-state index contributed by atoms with van der Waals surface area (Å²) in [6.45, 7) is 2.68. The van der Waals surface area contributed by atoms with Gasteiger partial charge in [0.2, 0.25) is 0 Å². The zero-order valence-corrected chi connectivity index (χ0v) is 11.4. The number of aryl methyl sites for hydroxylation is 1. The van der Waals surface area contributed by atoms with Crippen molar-refractivity contribution in [2.45, 2.75) is 13.5 Å². The highest BCUT2D eigenvalue weighted by Gasteiger charge is 2.08. The maximum Gasteiger partial charge on any atom is 0.126 e. The largest absolute Gasteiger partial charge is 0.378 e. The van der Waals surface area contributed by atoms with E-state index in [1.165, 1.54) is 21.9 Å². The van der Waals surface area contributed by atoms with Gasteiger partial charge in [-0.2, -0.15) is 0 Å². The molecule has 17 heavy (non-hydrogen) atoms. The van der Waals surface area contributed by atoms with Crippen LogP contribution in [0.1, 0.15) is 9.75 Å². The summed E-state index contributed by atoms with van der Waals surface area (Å²) in [5.41, 5.74) is 0.570. The molecule has 0 aliphatic rings. The van der Waals surface area contributed by atoms with Crippen LogP contribution < -0.4 is 5.32 Å². The van der Waals surface area contributed by atoms with Crippen molar-refractivity contribution in [3.05, 3.63) is 49.9 Å². The first-order valence-corrected chi connectivity index (χ1v) is 6.57. The number of hydrogen-bond acceptors (Lipinski definition) is 2. The Bertz CT molecular complexity index is 516. The zero-order valence-electron chi connectivity index (χ0n) is 9.06. The topological polar surface area (TPSA) is 12.0 Å². The fourth-order valence-electron chi connectivity index (χ4n) is 1.47. The van der Waals surface area contributed by atoms with Crippen LogP contribution in [-0.2, 0) is 6.54 Å². The molecule has 1 N–H and O–H groups in total. The molecule has 0 saturated heterocycles. The van der Waals surface area contributed by atoms with Gasteiger partial charge in [0.05, 0.1) is 15.7 Å². The van der Waals surface area contributed by atoms with E-state index < -0.39 is 5.82 Å². The van der Waals surface area contributed by atoms with Crippen molar-refractivity contribution < 1.29 is 4.39 Å². The lowest BCUT2D eigenvalue weighted by Crippen LogP contribution is -1.99. The standard InChI is InChI=1S/C12H10Cl2FNS/c1-7-2-3-9(17-7)6-16-12-10(13)4-8(15)5-11(12)14/h2-5,16H,6H2,1H3. The van der Waals surface area contributed by atoms with Crippen LogP contribution in [0.3, 0.4) is 0 Å². The maximum absolute atomic E-state index is 13.0. The molecule has 0 spiro atoms. The SMILES string of the molecule is Cc1ccc(CNc2c(Cl)cc(F)cc2Cl)s1. The Morgan fingerprint density at radius 1 is 1.24 bits per heavy atom. The molecule has 0 saturated carbocycles. The van der Waals surface area contributed by atoms with Crippen molar-refractivity contribution in [2.75, 3.05) is 5.32 Å². The molecular weight excluding hydrogens is 280 g/mol. The Labute approximate surface area is 113 Å². The van der Waals surface area contributed by atoms with Crippen LogP contribution >= 0.6 is 34.5 Å². The molecule has 2 rings (SSSR count). The highest BCUT2D eigenvalue weighted by molar-refractivity contribution is 7.11. The number of halogens is 3. The Kier molecular flexibility index (Phi) is 3.92. The van der Waals surface area contributed by atoms with E-state index in [0.29, 0.717) is 22.3 Å². The second-order valence-corrected chi connectivity index (χ2v) is 5.80. The van der Waals surface area contributed by atoms with Gasteiger partial charge >= 0.3 is 0 Å². The van der Waals surface area contributed by atoms with Crippen molar-refractivity contribution in [1.29, 1.82) is 0 Å². The van der Waals surface area contributed by atoms with E-state index in [2.05, 4.69) is 11.4 Å². The molecule has 0 aliphatic heterocycles. The van der Waals surface area contributed by atoms with Gasteiger partial charge < -0.3 is 5.32 Å². The van der Waals surface area contributed by atoms with Crippen molar-refractivity contribution >= 4 is 40.2 Å². The van der Waals surface area contributed by atoms with Crippen LogP contribution in [-0.4, -0.2) is 0 Å². The van der Waals surface area contributed by atoms with Crippen LogP contribution in [0.15, 0.2) is 24.3 Å². The Morgan fingerprint density at radius 3 is 2.41 bits per heavy atom. The maximum atomic E-state index is 13.0. The van der Waals surface area contributed by atoms with Crippen LogP contribution in [0, 0.1) is 12.7 Å². The van der Waals surface area contributed by atoms with Gasteiger partial charge in [0, 0.05) is 16.3 Å². The normalized spacial score (nSPS) is 10.6. The number of hydrogen-bond donors (Lipinski definition) is 1. The summed E-state index contributed by atoms with van der Waals surface area (Å²) in [5, 5.41) is 3.71. The minimum atomic E-state index is -0.433. The fraction of sp³-hybridized carbons (Fsp3) is 0.167. The third-order valence-corrected chi connectivity index (χ3v) is 3.84. The van der Waals surface area contributed by atoms with E-state index in [-0.39, 0.29) is 0 Å². The second-order valence-electron chi connectivity index (χ2n) is 3.61. The van der Waals surface area contributed by atoms with E-state index in [1.54, 1.807) is 11.3 Å². The van der Waals surface area contributed by atoms with Gasteiger partial charge in [-0.05, 0) is 31.2 Å². The molecule has 0 aliphatic carbocycles. The molecule has 1 aromatic heterocycles. The minimum absolute atomic E-state index is 0.295. The second kappa shape index (κ2) is 5.25. The molecule has 0 atom stereocenters. The van der Waals surface area contributed by atoms with Crippen molar-refractivity contribution in [3.8, 4) is 0 Å². The summed E-state index contributed by atoms with van der Waals surface area (Å²) in [4.78, 5) is 2.43. The number of nitrogens with one attached hydrogen (secondary N) is 1. The third kappa shape index (κ3) is 3.12. The molecule has 0 unspecified atom stereocenters. The summed E-state index contributed by atoms with van der Waals surface area (Å²) < 4.78 is 13.0. The van der Waals surface area contributed by atoms with E-state index in [9.17, 15) is 4.39 Å². The average molecular weight is 290 g/mol. The summed E-state index contributed by atoms with van der Waals surface area (Å²) in [6.07, 6.45) is 0. The zero-order chi connectivity index (χ0) is 12.4. The number of thiophene rings is 1. The van der Waals surface area contributed by atoms with Crippen molar-refractivity contribution in [3.63, 3.8) is 0 Å². The van der Waals surface area contributed by atoms with Gasteiger partial charge in [0.15, 0.2) is 0 Å². The molecule has 0 radical (unpaired) electrons. The minimum Gasteiger partial charge on any atom is -0.378 e. The highest BCUT2D eigenvalue weighted by atomic mass is 35.5. The molecule has 1 nitrogen and oxygen atoms in total. The summed E-state index contributed by atoms with van der Waals surface area (Å²) in [5.74, 6) is -0.433. The highest BCUT2D eigenvalue weighted by Crippen LogP contribution is 2.32. The van der Waals surface area contributed by atoms with Gasteiger partial charge in [-0.15, -0.1) is 11.3 Å². The van der Waals surface area contributed by atoms with E-state index >= 15 is 0 Å². The van der Waals surface area contributed by atoms with Crippen LogP contribution in [0.5, 0.6) is 0 Å². The van der Waals surface area contributed by atoms with Crippen molar-refractivity contribution in [2.24, 2.45) is 0 Å². The molecular formula is C12H10Cl2FNS. The Balaban J connectivity index is 2.14. The lowest BCUT2D eigenvalue weighted by Gasteiger charge is -2.09. The van der Waals surface area contributed by atoms with Crippen LogP contribution in [0.2, 0.25) is 10.0 Å². The summed E-state index contributed by atoms with van der Waals surface area (Å²) >= 11 is 13.5. The summed E-state index contributed by atoms with van der Waals surface area (Å²) in [6, 6.07) is 6.58. The van der Waals surface area contributed by atoms with Gasteiger partial charge in [-0.25, -0.2) is 4.39 Å². The fourth-order valence-corrected chi connectivity index (χ4v) is 2.89. The predicted octanol–water partition coefficient (Wildman–Crippen LogP) is 5.11. The quantitative estimate of drug-likeness (QED) is 0.827. The molecule has 5 heteroatoms. The first kappa shape index (κ1) is 12.7. The third-order valence-electron chi connectivity index (χ3n) is 2.24. The van der Waals surface area contributed by atoms with Crippen LogP contribution in [0.4, 0.5) is 10.1 Å². The van der Waals surface area contributed by atoms with E-state index in [4.69, 9.17) is 23.2 Å². The lowest BCUT2D eigenvalue weighted by molar-refractivity contribution is 0.628. The average Bonchev–Trinajstić information content (AvgIpc) is 2.62. The molecule has 1 aromatic carbocycles. The molecule has 0 bridgehead atoms. The van der Waals surface area contributed by atoms with Crippen molar-refractivity contribution in [1.82, 2.24) is 0 Å². The molecule has 0 fully saturated rings. The van der Waals surface area contributed by atoms with E-state index in [1.807, 2.05) is 13.0 Å². The Hall–Kier alpha value is -0.770. The first-order chi connectivity index (χ1) is 8.06. The van der Waals surface area contributed by atoms with Crippen LogP contribution in [0.25, 0.3) is 0 Å². The monoisotopic (exact) mass is 289 g/mol. The molecule has 0 amide bonds. The van der Waals surface area contributed by atoms with Gasteiger partial charge in [-0.1, -0.05) is 23.2 Å². The number of anilines is 1. The molecule has 1 heterocycles. The molecule has 2 aromatic rings. The molecule has 90 valence electrons. The number of benzene rings is 1. The summed E-state index contributed by atoms with van der Waals surface area (Å²) in [7, 11) is 0. The Morgan fingerprint density at radius 2 is 1.88 bits per heavy atom. The van der Waals surface area contributed by atoms with Gasteiger partial charge in [-0.3, -0.25) is 0 Å². The number of rotatable bonds is 3. The first-order valence-electron chi connectivity index (χ1n) is 5.00. The van der Waals surface area contributed by atoms with Gasteiger partial charge in [0.1, 0.15) is 5.82 Å². The lowest BCUT2D eigenvalue weighted by atomic mass is 10.3. The van der Waals surface area contributed by atoms with E-state index in [0.717, 1.165) is 0 Å². The van der Waals surface area contributed by atoms with Gasteiger partial charge in [0.25, 0.3) is 0 Å². The predicted molar refractivity (Wildman–Crippen MR) is 72.8 cm³/mol. The smallest absolute Gasteiger partial charge is 0.126 e.